The SMILES string of the molecule is CN(C)[C@@H]1C(=O)C(C(N)=O)=C(O)[C@@]2(O)C(=O)C3=C(O)c4c(O)c5c(c(F)c4C[C@H]3C[C@@H]12)[C@@H]1[C@@H](CCN1CCO)CN5. The van der Waals surface area contributed by atoms with Crippen molar-refractivity contribution in [2.45, 2.75) is 36.9 Å². The van der Waals surface area contributed by atoms with E-state index in [1.807, 2.05) is 4.90 Å². The molecule has 0 bridgehead atoms. The van der Waals surface area contributed by atoms with Crippen LogP contribution in [0.15, 0.2) is 16.9 Å². The lowest BCUT2D eigenvalue weighted by molar-refractivity contribution is -0.153. The molecule has 1 amide bonds. The first-order valence-corrected chi connectivity index (χ1v) is 13.7. The molecular weight excluding hydrogens is 539 g/mol. The van der Waals surface area contributed by atoms with Gasteiger partial charge >= 0.3 is 0 Å². The lowest BCUT2D eigenvalue weighted by atomic mass is 9.57. The van der Waals surface area contributed by atoms with Gasteiger partial charge < -0.3 is 36.6 Å². The number of benzene rings is 1. The van der Waals surface area contributed by atoms with E-state index in [2.05, 4.69) is 5.32 Å². The quantitative estimate of drug-likeness (QED) is 0.188. The van der Waals surface area contributed by atoms with Gasteiger partial charge in [-0.2, -0.15) is 0 Å². The maximum atomic E-state index is 16.5. The Bertz CT molecular complexity index is 1470. The summed E-state index contributed by atoms with van der Waals surface area (Å²) < 4.78 is 16.5. The summed E-state index contributed by atoms with van der Waals surface area (Å²) in [6.45, 7) is 1.29. The number of Topliss-reactive ketones (excluding diaryl/α,β-unsaturated/α-hetero) is 2. The van der Waals surface area contributed by atoms with E-state index in [4.69, 9.17) is 5.73 Å². The van der Waals surface area contributed by atoms with Gasteiger partial charge in [-0.25, -0.2) is 4.39 Å². The Kier molecular flexibility index (Phi) is 6.23. The smallest absolute Gasteiger partial charge is 0.255 e. The molecule has 12 nitrogen and oxygen atoms in total. The number of nitrogens with two attached hydrogens (primary N) is 1. The maximum Gasteiger partial charge on any atom is 0.255 e. The third-order valence-electron chi connectivity index (χ3n) is 9.71. The lowest BCUT2D eigenvalue weighted by Crippen LogP contribution is -2.65. The number of nitrogens with zero attached hydrogens (tertiary/aromatic N) is 2. The summed E-state index contributed by atoms with van der Waals surface area (Å²) in [6.07, 6.45) is 0.522. The standard InChI is InChI=1S/C28H33FN4O8/c1-32(2)21-13-8-11-7-12-15(22(35)14(11)25(38)28(13,41)26(39)17(24(21)37)27(30)40)23(36)19-16(18(12)29)20-10(9-31-19)3-4-33(20)5-6-34/h10-11,13,20-21,31,34-36,39,41H,3-9H2,1-2H3,(H2,30,40)/t10-,11-,13-,20-,21-,28-/m0/s1. The highest BCUT2D eigenvalue weighted by atomic mass is 19.1. The number of amides is 1. The number of rotatable bonds is 4. The van der Waals surface area contributed by atoms with Crippen LogP contribution in [-0.4, -0.2) is 105 Å². The van der Waals surface area contributed by atoms with E-state index in [1.54, 1.807) is 0 Å². The number of phenolic OH excluding ortho intramolecular Hbond substituents is 1. The molecule has 0 aromatic heterocycles. The fraction of sp³-hybridized carbons (Fsp3) is 0.536. The van der Waals surface area contributed by atoms with Crippen LogP contribution in [0.3, 0.4) is 0 Å². The summed E-state index contributed by atoms with van der Waals surface area (Å²) >= 11 is 0. The van der Waals surface area contributed by atoms with Crippen LogP contribution in [0.5, 0.6) is 5.75 Å². The van der Waals surface area contributed by atoms with Crippen LogP contribution in [-0.2, 0) is 20.8 Å². The Morgan fingerprint density at radius 3 is 2.59 bits per heavy atom. The number of likely N-dealkylation sites (N-methyl/N-ethyl adjacent to an activating group) is 1. The number of ketones is 2. The van der Waals surface area contributed by atoms with Crippen molar-refractivity contribution in [2.24, 2.45) is 23.5 Å². The van der Waals surface area contributed by atoms with Crippen molar-refractivity contribution in [1.82, 2.24) is 9.80 Å². The van der Waals surface area contributed by atoms with Gasteiger partial charge in [-0.3, -0.25) is 24.2 Å². The van der Waals surface area contributed by atoms with Gasteiger partial charge in [0.1, 0.15) is 28.7 Å². The van der Waals surface area contributed by atoms with Crippen molar-refractivity contribution >= 4 is 28.9 Å². The minimum atomic E-state index is -2.76. The van der Waals surface area contributed by atoms with E-state index < -0.39 is 75.7 Å². The van der Waals surface area contributed by atoms with Crippen molar-refractivity contribution in [3.63, 3.8) is 0 Å². The third-order valence-corrected chi connectivity index (χ3v) is 9.71. The van der Waals surface area contributed by atoms with Crippen molar-refractivity contribution < 1.29 is 44.3 Å². The normalized spacial score (nSPS) is 32.8. The van der Waals surface area contributed by atoms with Gasteiger partial charge in [-0.1, -0.05) is 0 Å². The number of halogens is 1. The molecule has 6 rings (SSSR count). The molecule has 6 atom stereocenters. The van der Waals surface area contributed by atoms with Crippen molar-refractivity contribution in [2.75, 3.05) is 45.7 Å². The van der Waals surface area contributed by atoms with Gasteiger partial charge in [0.15, 0.2) is 11.4 Å². The molecule has 3 aliphatic carbocycles. The lowest BCUT2D eigenvalue weighted by Gasteiger charge is -2.50. The number of hydrogen-bond donors (Lipinski definition) is 7. The Hall–Kier alpha value is -3.52. The van der Waals surface area contributed by atoms with Gasteiger partial charge in [0.25, 0.3) is 5.91 Å². The third kappa shape index (κ3) is 3.49. The summed E-state index contributed by atoms with van der Waals surface area (Å²) in [4.78, 5) is 42.7. The molecule has 220 valence electrons. The van der Waals surface area contributed by atoms with Crippen molar-refractivity contribution in [1.29, 1.82) is 0 Å². The summed E-state index contributed by atoms with van der Waals surface area (Å²) in [6, 6.07) is -1.62. The van der Waals surface area contributed by atoms with Gasteiger partial charge in [0.05, 0.1) is 23.9 Å². The number of phenols is 1. The fourth-order valence-electron chi connectivity index (χ4n) is 7.98. The fourth-order valence-corrected chi connectivity index (χ4v) is 7.98. The van der Waals surface area contributed by atoms with E-state index in [0.717, 1.165) is 6.42 Å². The van der Waals surface area contributed by atoms with Gasteiger partial charge in [0.2, 0.25) is 5.78 Å². The Morgan fingerprint density at radius 1 is 1.24 bits per heavy atom. The second-order valence-electron chi connectivity index (χ2n) is 11.9. The van der Waals surface area contributed by atoms with E-state index in [9.17, 15) is 39.9 Å². The second-order valence-corrected chi connectivity index (χ2v) is 11.9. The zero-order valence-electron chi connectivity index (χ0n) is 22.6. The average molecular weight is 573 g/mol. The largest absolute Gasteiger partial charge is 0.508 e. The van der Waals surface area contributed by atoms with E-state index in [-0.39, 0.29) is 53.3 Å². The van der Waals surface area contributed by atoms with Crippen LogP contribution in [0.1, 0.15) is 35.6 Å². The number of aliphatic hydroxyl groups excluding tert-OH is 3. The number of fused-ring (bicyclic) bond motifs is 6. The van der Waals surface area contributed by atoms with Crippen LogP contribution < -0.4 is 11.1 Å². The topological polar surface area (TPSA) is 197 Å². The molecule has 8 N–H and O–H groups in total. The molecule has 0 unspecified atom stereocenters. The molecule has 1 saturated heterocycles. The number of aliphatic hydroxyl groups is 4. The van der Waals surface area contributed by atoms with Crippen molar-refractivity contribution in [3.05, 3.63) is 39.4 Å². The van der Waals surface area contributed by atoms with E-state index in [0.29, 0.717) is 19.6 Å². The summed E-state index contributed by atoms with van der Waals surface area (Å²) in [5, 5.41) is 58.1. The van der Waals surface area contributed by atoms with Crippen LogP contribution in [0.25, 0.3) is 5.76 Å². The Balaban J connectivity index is 1.54. The first kappa shape index (κ1) is 27.6. The second kappa shape index (κ2) is 9.24. The van der Waals surface area contributed by atoms with Gasteiger partial charge in [-0.15, -0.1) is 0 Å². The number of nitrogens with one attached hydrogen (secondary N) is 1. The molecule has 41 heavy (non-hydrogen) atoms. The maximum absolute atomic E-state index is 16.5. The number of carbonyl (C=O) groups excluding carboxylic acids is 3. The monoisotopic (exact) mass is 572 g/mol. The van der Waals surface area contributed by atoms with Crippen LogP contribution in [0, 0.1) is 23.6 Å². The minimum Gasteiger partial charge on any atom is -0.508 e. The number of carbonyl (C=O) groups is 3. The number of anilines is 1. The highest BCUT2D eigenvalue weighted by molar-refractivity contribution is 6.24. The van der Waals surface area contributed by atoms with Gasteiger partial charge in [0, 0.05) is 41.7 Å². The number of β-amino-alcohol motifs (C(OH)–C–C–N with tert-alkyl or cyclic N) is 1. The van der Waals surface area contributed by atoms with Crippen LogP contribution in [0.2, 0.25) is 0 Å². The number of primary amides is 1. The molecule has 2 heterocycles. The van der Waals surface area contributed by atoms with Crippen molar-refractivity contribution in [3.8, 4) is 5.75 Å². The van der Waals surface area contributed by atoms with Gasteiger partial charge in [-0.05, 0) is 51.7 Å². The molecular formula is C28H33FN4O8. The molecule has 13 heteroatoms. The number of hydrogen-bond acceptors (Lipinski definition) is 11. The Morgan fingerprint density at radius 2 is 1.95 bits per heavy atom. The predicted octanol–water partition coefficient (Wildman–Crippen LogP) is -0.116. The predicted molar refractivity (Wildman–Crippen MR) is 142 cm³/mol. The Labute approximate surface area is 234 Å². The van der Waals surface area contributed by atoms with Crippen LogP contribution in [0.4, 0.5) is 10.1 Å². The molecule has 2 aliphatic heterocycles. The minimum absolute atomic E-state index is 0.00478. The summed E-state index contributed by atoms with van der Waals surface area (Å²) in [5.41, 5.74) is 1.42. The summed E-state index contributed by atoms with van der Waals surface area (Å²) in [7, 11) is 3.03. The molecule has 5 aliphatic rings. The molecule has 1 aromatic rings. The first-order valence-electron chi connectivity index (χ1n) is 13.7. The zero-order chi connectivity index (χ0) is 29.7. The highest BCUT2D eigenvalue weighted by Gasteiger charge is 2.64. The molecule has 2 fully saturated rings. The number of likely N-dealkylation sites (tertiary alicyclic amines) is 1. The summed E-state index contributed by atoms with van der Waals surface area (Å²) in [5.74, 6) is -8.37. The number of aromatic hydroxyl groups is 1. The average Bonchev–Trinajstić information content (AvgIpc) is 3.31. The molecule has 1 saturated carbocycles. The van der Waals surface area contributed by atoms with E-state index >= 15 is 4.39 Å². The first-order chi connectivity index (χ1) is 19.4. The zero-order valence-corrected chi connectivity index (χ0v) is 22.6. The molecule has 0 spiro atoms. The van der Waals surface area contributed by atoms with E-state index in [1.165, 1.54) is 19.0 Å². The highest BCUT2D eigenvalue weighted by Crippen LogP contribution is 2.56. The van der Waals surface area contributed by atoms with Crippen LogP contribution >= 0.6 is 0 Å². The molecule has 1 aromatic carbocycles. The molecule has 0 radical (unpaired) electrons.